The predicted octanol–water partition coefficient (Wildman–Crippen LogP) is 3.41. The Morgan fingerprint density at radius 1 is 1.28 bits per heavy atom. The van der Waals surface area contributed by atoms with Gasteiger partial charge in [-0.1, -0.05) is 17.7 Å². The van der Waals surface area contributed by atoms with Gasteiger partial charge in [0, 0.05) is 43.8 Å². The summed E-state index contributed by atoms with van der Waals surface area (Å²) in [5.74, 6) is 0.448. The molecule has 0 aliphatic carbocycles. The summed E-state index contributed by atoms with van der Waals surface area (Å²) in [5.41, 5.74) is 1.70. The van der Waals surface area contributed by atoms with Crippen molar-refractivity contribution in [1.82, 2.24) is 9.88 Å². The molecule has 132 valence electrons. The molecule has 1 aliphatic rings. The van der Waals surface area contributed by atoms with Crippen molar-refractivity contribution in [2.24, 2.45) is 0 Å². The summed E-state index contributed by atoms with van der Waals surface area (Å²) in [4.78, 5) is 19.0. The zero-order chi connectivity index (χ0) is 18.0. The smallest absolute Gasteiger partial charge is 0.287 e. The molecule has 3 rings (SSSR count). The maximum Gasteiger partial charge on any atom is 0.287 e. The van der Waals surface area contributed by atoms with Crippen molar-refractivity contribution in [2.75, 3.05) is 31.1 Å². The second kappa shape index (κ2) is 7.33. The quantitative estimate of drug-likeness (QED) is 0.614. The van der Waals surface area contributed by atoms with Crippen molar-refractivity contribution in [3.8, 4) is 0 Å². The lowest BCUT2D eigenvalue weighted by atomic mass is 10.2. The SMILES string of the molecule is Cc1cc([N+](=O)[O-])cnc1N1CCN(Cc2ccc(F)cc2Cl)CC1. The molecule has 2 aromatic rings. The zero-order valence-electron chi connectivity index (χ0n) is 13.8. The lowest BCUT2D eigenvalue weighted by Gasteiger charge is -2.36. The summed E-state index contributed by atoms with van der Waals surface area (Å²) < 4.78 is 13.1. The van der Waals surface area contributed by atoms with Crippen molar-refractivity contribution in [2.45, 2.75) is 13.5 Å². The highest BCUT2D eigenvalue weighted by Crippen LogP contribution is 2.24. The first-order valence-electron chi connectivity index (χ1n) is 7.96. The van der Waals surface area contributed by atoms with Gasteiger partial charge < -0.3 is 4.90 Å². The van der Waals surface area contributed by atoms with Crippen LogP contribution in [0.25, 0.3) is 0 Å². The Morgan fingerprint density at radius 2 is 2.00 bits per heavy atom. The number of anilines is 1. The van der Waals surface area contributed by atoms with Gasteiger partial charge in [-0.3, -0.25) is 15.0 Å². The molecule has 1 aromatic carbocycles. The van der Waals surface area contributed by atoms with Crippen LogP contribution >= 0.6 is 11.6 Å². The van der Waals surface area contributed by atoms with E-state index in [4.69, 9.17) is 11.6 Å². The number of hydrogen-bond acceptors (Lipinski definition) is 5. The van der Waals surface area contributed by atoms with E-state index in [2.05, 4.69) is 14.8 Å². The van der Waals surface area contributed by atoms with Crippen LogP contribution in [0, 0.1) is 22.9 Å². The first-order chi connectivity index (χ1) is 11.9. The average molecular weight is 365 g/mol. The van der Waals surface area contributed by atoms with Gasteiger partial charge in [-0.05, 0) is 30.2 Å². The molecule has 1 aliphatic heterocycles. The molecular weight excluding hydrogens is 347 g/mol. The summed E-state index contributed by atoms with van der Waals surface area (Å²) in [6.07, 6.45) is 1.30. The number of benzene rings is 1. The van der Waals surface area contributed by atoms with Crippen molar-refractivity contribution >= 4 is 23.1 Å². The Labute approximate surface area is 150 Å². The van der Waals surface area contributed by atoms with Gasteiger partial charge in [-0.15, -0.1) is 0 Å². The van der Waals surface area contributed by atoms with E-state index in [-0.39, 0.29) is 11.5 Å². The molecule has 1 fully saturated rings. The molecular formula is C17H18ClFN4O2. The Kier molecular flexibility index (Phi) is 5.15. The molecule has 0 unspecified atom stereocenters. The van der Waals surface area contributed by atoms with E-state index < -0.39 is 4.92 Å². The Morgan fingerprint density at radius 3 is 2.60 bits per heavy atom. The minimum absolute atomic E-state index is 0.00541. The van der Waals surface area contributed by atoms with Crippen LogP contribution in [0.15, 0.2) is 30.5 Å². The molecule has 0 amide bonds. The van der Waals surface area contributed by atoms with Crippen LogP contribution in [0.2, 0.25) is 5.02 Å². The van der Waals surface area contributed by atoms with Crippen LogP contribution in [-0.4, -0.2) is 41.0 Å². The third-order valence-corrected chi connectivity index (χ3v) is 4.68. The van der Waals surface area contributed by atoms with Crippen molar-refractivity contribution < 1.29 is 9.31 Å². The van der Waals surface area contributed by atoms with Crippen LogP contribution in [0.1, 0.15) is 11.1 Å². The lowest BCUT2D eigenvalue weighted by molar-refractivity contribution is -0.385. The maximum absolute atomic E-state index is 13.1. The third kappa shape index (κ3) is 4.05. The Bertz CT molecular complexity index is 794. The van der Waals surface area contributed by atoms with Gasteiger partial charge in [0.1, 0.15) is 17.8 Å². The largest absolute Gasteiger partial charge is 0.354 e. The van der Waals surface area contributed by atoms with Crippen LogP contribution in [0.4, 0.5) is 15.9 Å². The average Bonchev–Trinajstić information content (AvgIpc) is 2.58. The Balaban J connectivity index is 1.63. The normalized spacial score (nSPS) is 15.4. The van der Waals surface area contributed by atoms with Gasteiger partial charge in [0.15, 0.2) is 0 Å². The van der Waals surface area contributed by atoms with Crippen molar-refractivity contribution in [1.29, 1.82) is 0 Å². The number of aryl methyl sites for hydroxylation is 1. The summed E-state index contributed by atoms with van der Waals surface area (Å²) >= 11 is 6.09. The monoisotopic (exact) mass is 364 g/mol. The summed E-state index contributed by atoms with van der Waals surface area (Å²) in [6, 6.07) is 6.01. The highest BCUT2D eigenvalue weighted by Gasteiger charge is 2.21. The minimum Gasteiger partial charge on any atom is -0.354 e. The highest BCUT2D eigenvalue weighted by molar-refractivity contribution is 6.31. The molecule has 6 nitrogen and oxygen atoms in total. The van der Waals surface area contributed by atoms with Crippen LogP contribution in [0.3, 0.4) is 0 Å². The number of halogens is 2. The first-order valence-corrected chi connectivity index (χ1v) is 8.34. The van der Waals surface area contributed by atoms with Crippen molar-refractivity contribution in [3.63, 3.8) is 0 Å². The Hall–Kier alpha value is -2.25. The van der Waals surface area contributed by atoms with Crippen LogP contribution in [-0.2, 0) is 6.54 Å². The molecule has 0 bridgehead atoms. The second-order valence-corrected chi connectivity index (χ2v) is 6.50. The number of aromatic nitrogens is 1. The van der Waals surface area contributed by atoms with Gasteiger partial charge in [-0.25, -0.2) is 9.37 Å². The van der Waals surface area contributed by atoms with Gasteiger partial charge in [0.05, 0.1) is 4.92 Å². The topological polar surface area (TPSA) is 62.5 Å². The number of nitro groups is 1. The van der Waals surface area contributed by atoms with Gasteiger partial charge >= 0.3 is 0 Å². The minimum atomic E-state index is -0.436. The number of nitrogens with zero attached hydrogens (tertiary/aromatic N) is 4. The molecule has 0 atom stereocenters. The first kappa shape index (κ1) is 17.6. The molecule has 1 saturated heterocycles. The van der Waals surface area contributed by atoms with E-state index in [0.717, 1.165) is 43.1 Å². The maximum atomic E-state index is 13.1. The summed E-state index contributed by atoms with van der Waals surface area (Å²) in [5, 5.41) is 11.3. The van der Waals surface area contributed by atoms with Crippen molar-refractivity contribution in [3.05, 3.63) is 62.5 Å². The zero-order valence-corrected chi connectivity index (χ0v) is 14.5. The van der Waals surface area contributed by atoms with E-state index in [1.54, 1.807) is 12.1 Å². The van der Waals surface area contributed by atoms with Gasteiger partial charge in [-0.2, -0.15) is 0 Å². The fourth-order valence-corrected chi connectivity index (χ4v) is 3.22. The molecule has 2 heterocycles. The van der Waals surface area contributed by atoms with E-state index in [1.165, 1.54) is 18.3 Å². The molecule has 25 heavy (non-hydrogen) atoms. The molecule has 1 aromatic heterocycles. The van der Waals surface area contributed by atoms with E-state index in [0.29, 0.717) is 11.6 Å². The molecule has 0 radical (unpaired) electrons. The van der Waals surface area contributed by atoms with E-state index in [1.807, 2.05) is 6.92 Å². The predicted molar refractivity (Wildman–Crippen MR) is 94.5 cm³/mol. The summed E-state index contributed by atoms with van der Waals surface area (Å²) in [6.45, 7) is 5.66. The second-order valence-electron chi connectivity index (χ2n) is 6.09. The number of hydrogen-bond donors (Lipinski definition) is 0. The standard InChI is InChI=1S/C17H18ClFN4O2/c1-12-8-15(23(24)25)10-20-17(12)22-6-4-21(5-7-22)11-13-2-3-14(19)9-16(13)18/h2-3,8-10H,4-7,11H2,1H3. The van der Waals surface area contributed by atoms with Crippen LogP contribution in [0.5, 0.6) is 0 Å². The third-order valence-electron chi connectivity index (χ3n) is 4.33. The molecule has 0 spiro atoms. The van der Waals surface area contributed by atoms with E-state index in [9.17, 15) is 14.5 Å². The fourth-order valence-electron chi connectivity index (χ4n) is 2.99. The van der Waals surface area contributed by atoms with E-state index >= 15 is 0 Å². The molecule has 0 saturated carbocycles. The molecule has 8 heteroatoms. The number of piperazine rings is 1. The number of rotatable bonds is 4. The van der Waals surface area contributed by atoms with Crippen LogP contribution < -0.4 is 4.90 Å². The molecule has 0 N–H and O–H groups in total. The number of pyridine rings is 1. The lowest BCUT2D eigenvalue weighted by Crippen LogP contribution is -2.46. The van der Waals surface area contributed by atoms with Gasteiger partial charge in [0.2, 0.25) is 0 Å². The van der Waals surface area contributed by atoms with Gasteiger partial charge in [0.25, 0.3) is 5.69 Å². The summed E-state index contributed by atoms with van der Waals surface area (Å²) in [7, 11) is 0. The highest BCUT2D eigenvalue weighted by atomic mass is 35.5. The fraction of sp³-hybridized carbons (Fsp3) is 0.353.